The second-order valence-electron chi connectivity index (χ2n) is 5.29. The van der Waals surface area contributed by atoms with E-state index in [1.165, 1.54) is 12.1 Å². The third-order valence-electron chi connectivity index (χ3n) is 3.60. The van der Waals surface area contributed by atoms with Gasteiger partial charge in [0.15, 0.2) is 5.76 Å². The van der Waals surface area contributed by atoms with Crippen LogP contribution >= 0.6 is 0 Å². The zero-order valence-corrected chi connectivity index (χ0v) is 12.8. The van der Waals surface area contributed by atoms with E-state index in [9.17, 15) is 13.6 Å². The highest BCUT2D eigenvalue weighted by molar-refractivity contribution is 5.96. The second-order valence-corrected chi connectivity index (χ2v) is 5.29. The van der Waals surface area contributed by atoms with Gasteiger partial charge < -0.3 is 14.5 Å². The Balaban J connectivity index is 1.69. The number of furan rings is 1. The number of benzene rings is 2. The number of rotatable bonds is 5. The number of alkyl halides is 2. The lowest BCUT2D eigenvalue weighted by Gasteiger charge is -2.14. The first-order chi connectivity index (χ1) is 11.5. The monoisotopic (exact) mass is 331 g/mol. The third-order valence-corrected chi connectivity index (χ3v) is 3.60. The minimum absolute atomic E-state index is 0.0737. The van der Waals surface area contributed by atoms with Crippen LogP contribution in [0.15, 0.2) is 59.0 Å². The Kier molecular flexibility index (Phi) is 4.46. The van der Waals surface area contributed by atoms with Gasteiger partial charge >= 0.3 is 6.61 Å². The van der Waals surface area contributed by atoms with Crippen molar-refractivity contribution in [2.24, 2.45) is 0 Å². The standard InChI is InChI=1S/C18H15F2NO3/c1-11(12-6-8-14(9-7-12)23-18(19)20)21-17(22)16-10-13-4-2-3-5-15(13)24-16/h2-11,18H,1H3,(H,21,22). The van der Waals surface area contributed by atoms with Crippen molar-refractivity contribution in [2.75, 3.05) is 0 Å². The first kappa shape index (κ1) is 16.0. The van der Waals surface area contributed by atoms with Gasteiger partial charge in [-0.25, -0.2) is 0 Å². The molecule has 0 fully saturated rings. The summed E-state index contributed by atoms with van der Waals surface area (Å²) in [7, 11) is 0. The first-order valence-electron chi connectivity index (χ1n) is 7.37. The first-order valence-corrected chi connectivity index (χ1v) is 7.37. The molecule has 3 rings (SSSR count). The van der Waals surface area contributed by atoms with Gasteiger partial charge in [0.05, 0.1) is 6.04 Å². The lowest BCUT2D eigenvalue weighted by Crippen LogP contribution is -2.26. The molecule has 0 aliphatic rings. The van der Waals surface area contributed by atoms with Gasteiger partial charge in [-0.2, -0.15) is 8.78 Å². The van der Waals surface area contributed by atoms with Crippen molar-refractivity contribution in [1.29, 1.82) is 0 Å². The van der Waals surface area contributed by atoms with E-state index in [0.717, 1.165) is 10.9 Å². The number of fused-ring (bicyclic) bond motifs is 1. The molecule has 1 heterocycles. The van der Waals surface area contributed by atoms with E-state index in [4.69, 9.17) is 4.42 Å². The summed E-state index contributed by atoms with van der Waals surface area (Å²) in [5, 5.41) is 3.66. The molecule has 1 unspecified atom stereocenters. The minimum atomic E-state index is -2.86. The lowest BCUT2D eigenvalue weighted by atomic mass is 10.1. The van der Waals surface area contributed by atoms with Crippen molar-refractivity contribution in [3.05, 3.63) is 65.9 Å². The predicted octanol–water partition coefficient (Wildman–Crippen LogP) is 4.53. The van der Waals surface area contributed by atoms with Crippen LogP contribution in [0.2, 0.25) is 0 Å². The molecule has 1 atom stereocenters. The van der Waals surface area contributed by atoms with Crippen LogP contribution in [0.1, 0.15) is 29.1 Å². The fourth-order valence-electron chi connectivity index (χ4n) is 2.38. The molecule has 1 aromatic heterocycles. The average Bonchev–Trinajstić information content (AvgIpc) is 2.99. The molecular weight excluding hydrogens is 316 g/mol. The van der Waals surface area contributed by atoms with E-state index in [2.05, 4.69) is 10.1 Å². The van der Waals surface area contributed by atoms with E-state index in [1.807, 2.05) is 18.2 Å². The Morgan fingerprint density at radius 2 is 1.83 bits per heavy atom. The summed E-state index contributed by atoms with van der Waals surface area (Å²) in [6.07, 6.45) is 0. The molecule has 6 heteroatoms. The second kappa shape index (κ2) is 6.70. The highest BCUT2D eigenvalue weighted by Gasteiger charge is 2.16. The molecule has 2 aromatic carbocycles. The van der Waals surface area contributed by atoms with Gasteiger partial charge in [0.1, 0.15) is 11.3 Å². The summed E-state index contributed by atoms with van der Waals surface area (Å²) in [5.41, 5.74) is 1.41. The van der Waals surface area contributed by atoms with Crippen LogP contribution in [0.5, 0.6) is 5.75 Å². The largest absolute Gasteiger partial charge is 0.451 e. The predicted molar refractivity (Wildman–Crippen MR) is 85.2 cm³/mol. The number of hydrogen-bond acceptors (Lipinski definition) is 3. The van der Waals surface area contributed by atoms with Crippen LogP contribution in [0.4, 0.5) is 8.78 Å². The molecule has 1 amide bonds. The maximum Gasteiger partial charge on any atom is 0.387 e. The Morgan fingerprint density at radius 1 is 1.12 bits per heavy atom. The Labute approximate surface area is 137 Å². The normalized spacial score (nSPS) is 12.3. The molecule has 0 bridgehead atoms. The van der Waals surface area contributed by atoms with Gasteiger partial charge in [-0.1, -0.05) is 30.3 Å². The quantitative estimate of drug-likeness (QED) is 0.747. The molecular formula is C18H15F2NO3. The van der Waals surface area contributed by atoms with Gasteiger partial charge in [-0.3, -0.25) is 4.79 Å². The van der Waals surface area contributed by atoms with Gasteiger partial charge in [0.2, 0.25) is 0 Å². The van der Waals surface area contributed by atoms with Crippen LogP contribution in [0.25, 0.3) is 11.0 Å². The maximum absolute atomic E-state index is 12.3. The average molecular weight is 331 g/mol. The van der Waals surface area contributed by atoms with E-state index in [-0.39, 0.29) is 23.5 Å². The molecule has 0 aliphatic carbocycles. The molecule has 0 saturated heterocycles. The number of carbonyl (C=O) groups is 1. The Hall–Kier alpha value is -2.89. The van der Waals surface area contributed by atoms with Crippen LogP contribution in [0.3, 0.4) is 0 Å². The number of para-hydroxylation sites is 1. The molecule has 0 saturated carbocycles. The van der Waals surface area contributed by atoms with Gasteiger partial charge in [0.25, 0.3) is 5.91 Å². The van der Waals surface area contributed by atoms with E-state index in [1.54, 1.807) is 31.2 Å². The summed E-state index contributed by atoms with van der Waals surface area (Å²) >= 11 is 0. The smallest absolute Gasteiger partial charge is 0.387 e. The zero-order chi connectivity index (χ0) is 17.1. The molecule has 124 valence electrons. The van der Waals surface area contributed by atoms with Crippen molar-refractivity contribution >= 4 is 16.9 Å². The topological polar surface area (TPSA) is 51.5 Å². The summed E-state index contributed by atoms with van der Waals surface area (Å²) in [6.45, 7) is -1.06. The summed E-state index contributed by atoms with van der Waals surface area (Å²) in [4.78, 5) is 12.3. The van der Waals surface area contributed by atoms with Crippen LogP contribution in [-0.2, 0) is 0 Å². The van der Waals surface area contributed by atoms with Crippen molar-refractivity contribution < 1.29 is 22.7 Å². The zero-order valence-electron chi connectivity index (χ0n) is 12.8. The number of ether oxygens (including phenoxy) is 1. The van der Waals surface area contributed by atoms with E-state index >= 15 is 0 Å². The van der Waals surface area contributed by atoms with Gasteiger partial charge in [0, 0.05) is 5.39 Å². The Morgan fingerprint density at radius 3 is 2.50 bits per heavy atom. The third kappa shape index (κ3) is 3.53. The lowest BCUT2D eigenvalue weighted by molar-refractivity contribution is -0.0498. The molecule has 0 spiro atoms. The number of hydrogen-bond donors (Lipinski definition) is 1. The van der Waals surface area contributed by atoms with Crippen molar-refractivity contribution in [3.8, 4) is 5.75 Å². The van der Waals surface area contributed by atoms with Crippen molar-refractivity contribution in [3.63, 3.8) is 0 Å². The fourth-order valence-corrected chi connectivity index (χ4v) is 2.38. The van der Waals surface area contributed by atoms with Gasteiger partial charge in [-0.15, -0.1) is 0 Å². The molecule has 1 N–H and O–H groups in total. The minimum Gasteiger partial charge on any atom is -0.451 e. The molecule has 4 nitrogen and oxygen atoms in total. The highest BCUT2D eigenvalue weighted by Crippen LogP contribution is 2.21. The Bertz CT molecular complexity index is 810. The van der Waals surface area contributed by atoms with E-state index in [0.29, 0.717) is 5.58 Å². The molecule has 0 aliphatic heterocycles. The summed E-state index contributed by atoms with van der Waals surface area (Å²) in [6, 6.07) is 14.8. The van der Waals surface area contributed by atoms with Crippen molar-refractivity contribution in [1.82, 2.24) is 5.32 Å². The van der Waals surface area contributed by atoms with Crippen LogP contribution < -0.4 is 10.1 Å². The van der Waals surface area contributed by atoms with Crippen LogP contribution in [0, 0.1) is 0 Å². The summed E-state index contributed by atoms with van der Waals surface area (Å²) < 4.78 is 34.1. The number of halogens is 2. The fraction of sp³-hybridized carbons (Fsp3) is 0.167. The number of carbonyl (C=O) groups excluding carboxylic acids is 1. The molecule has 3 aromatic rings. The highest BCUT2D eigenvalue weighted by atomic mass is 19.3. The number of nitrogens with one attached hydrogen (secondary N) is 1. The molecule has 24 heavy (non-hydrogen) atoms. The van der Waals surface area contributed by atoms with Gasteiger partial charge in [-0.05, 0) is 36.8 Å². The van der Waals surface area contributed by atoms with E-state index < -0.39 is 6.61 Å². The molecule has 0 radical (unpaired) electrons. The summed E-state index contributed by atoms with van der Waals surface area (Å²) in [5.74, 6) is -0.0446. The van der Waals surface area contributed by atoms with Crippen molar-refractivity contribution in [2.45, 2.75) is 19.6 Å². The maximum atomic E-state index is 12.3. The van der Waals surface area contributed by atoms with Crippen LogP contribution in [-0.4, -0.2) is 12.5 Å². The SMILES string of the molecule is CC(NC(=O)c1cc2ccccc2o1)c1ccc(OC(F)F)cc1. The number of amides is 1.